The van der Waals surface area contributed by atoms with Crippen LogP contribution in [0.25, 0.3) is 0 Å². The lowest BCUT2D eigenvalue weighted by Crippen LogP contribution is -2.47. The van der Waals surface area contributed by atoms with Gasteiger partial charge in [0.1, 0.15) is 19.3 Å². The number of allylic oxidation sites excluding steroid dienone is 11. The number of esters is 1. The number of phosphoric acid groups is 1. The van der Waals surface area contributed by atoms with E-state index in [0.717, 1.165) is 64.2 Å². The average Bonchev–Trinajstić information content (AvgIpc) is 3.44. The molecule has 0 saturated carbocycles. The maximum Gasteiger partial charge on any atom is 0.306 e. The minimum Gasteiger partial charge on any atom is -0.756 e. The molecular weight excluding hydrogens is 1020 g/mol. The Morgan fingerprint density at radius 1 is 0.432 bits per heavy atom. The molecule has 10 heteroatoms. The van der Waals surface area contributed by atoms with Crippen molar-refractivity contribution in [3.8, 4) is 0 Å². The first-order valence-corrected chi connectivity index (χ1v) is 35.7. The summed E-state index contributed by atoms with van der Waals surface area (Å²) in [4.78, 5) is 40.1. The number of likely N-dealkylation sites (N-methyl/N-ethyl adjacent to an activating group) is 1. The van der Waals surface area contributed by atoms with Crippen LogP contribution in [0.4, 0.5) is 0 Å². The highest BCUT2D eigenvalue weighted by Gasteiger charge is 2.27. The smallest absolute Gasteiger partial charge is 0.306 e. The maximum absolute atomic E-state index is 13.5. The molecule has 0 aliphatic rings. The second-order valence-corrected chi connectivity index (χ2v) is 25.7. The number of hydrogen-bond donors (Lipinski definition) is 1. The lowest BCUT2D eigenvalue weighted by Gasteiger charge is -2.30. The normalized spacial score (nSPS) is 14.0. The van der Waals surface area contributed by atoms with Crippen molar-refractivity contribution >= 4 is 19.7 Å². The van der Waals surface area contributed by atoms with Gasteiger partial charge in [0.2, 0.25) is 5.91 Å². The van der Waals surface area contributed by atoms with Gasteiger partial charge >= 0.3 is 5.97 Å². The van der Waals surface area contributed by atoms with Crippen molar-refractivity contribution < 1.29 is 37.3 Å². The summed E-state index contributed by atoms with van der Waals surface area (Å²) in [5, 5.41) is 3.00. The molecule has 3 atom stereocenters. The van der Waals surface area contributed by atoms with Crippen molar-refractivity contribution in [3.63, 3.8) is 0 Å². The third kappa shape index (κ3) is 61.8. The molecule has 0 aromatic rings. The van der Waals surface area contributed by atoms with E-state index < -0.39 is 26.6 Å². The molecule has 0 saturated heterocycles. The van der Waals surface area contributed by atoms with Gasteiger partial charge < -0.3 is 28.5 Å². The fraction of sp³-hybridized carbons (Fsp3) is 0.803. The van der Waals surface area contributed by atoms with Crippen LogP contribution in [-0.2, 0) is 27.9 Å². The fourth-order valence-electron chi connectivity index (χ4n) is 9.81. The van der Waals surface area contributed by atoms with Crippen molar-refractivity contribution in [2.75, 3.05) is 40.9 Å². The van der Waals surface area contributed by atoms with Crippen LogP contribution >= 0.6 is 7.82 Å². The van der Waals surface area contributed by atoms with Crippen molar-refractivity contribution in [1.29, 1.82) is 0 Å². The van der Waals surface area contributed by atoms with Gasteiger partial charge in [0.25, 0.3) is 7.82 Å². The van der Waals surface area contributed by atoms with Crippen molar-refractivity contribution in [1.82, 2.24) is 5.32 Å². The second-order valence-electron chi connectivity index (χ2n) is 24.3. The lowest BCUT2D eigenvalue weighted by molar-refractivity contribution is -0.870. The van der Waals surface area contributed by atoms with Crippen LogP contribution in [-0.4, -0.2) is 69.4 Å². The number of ether oxygens (including phenoxy) is 1. The van der Waals surface area contributed by atoms with E-state index in [4.69, 9.17) is 13.8 Å². The van der Waals surface area contributed by atoms with E-state index in [-0.39, 0.29) is 31.3 Å². The monoisotopic (exact) mass is 1150 g/mol. The van der Waals surface area contributed by atoms with Crippen molar-refractivity contribution in [2.24, 2.45) is 0 Å². The largest absolute Gasteiger partial charge is 0.756 e. The van der Waals surface area contributed by atoms with E-state index >= 15 is 0 Å². The maximum atomic E-state index is 13.5. The number of unbranched alkanes of at least 4 members (excludes halogenated alkanes) is 36. The van der Waals surface area contributed by atoms with E-state index in [1.807, 2.05) is 33.3 Å². The molecule has 472 valence electrons. The molecule has 0 radical (unpaired) electrons. The van der Waals surface area contributed by atoms with Gasteiger partial charge in [-0.25, -0.2) is 0 Å². The lowest BCUT2D eigenvalue weighted by atomic mass is 10.0. The summed E-state index contributed by atoms with van der Waals surface area (Å²) >= 11 is 0. The molecule has 0 aromatic carbocycles. The highest BCUT2D eigenvalue weighted by Crippen LogP contribution is 2.38. The third-order valence-electron chi connectivity index (χ3n) is 15.1. The number of quaternary nitrogens is 1. The summed E-state index contributed by atoms with van der Waals surface area (Å²) in [7, 11) is 1.15. The number of carbonyl (C=O) groups excluding carboxylic acids is 2. The molecule has 81 heavy (non-hydrogen) atoms. The van der Waals surface area contributed by atoms with Crippen LogP contribution in [0.15, 0.2) is 72.9 Å². The van der Waals surface area contributed by atoms with Crippen molar-refractivity contribution in [2.45, 2.75) is 328 Å². The minimum atomic E-state index is -4.72. The fourth-order valence-corrected chi connectivity index (χ4v) is 10.5. The minimum absolute atomic E-state index is 0.0334. The number of carbonyl (C=O) groups is 2. The summed E-state index contributed by atoms with van der Waals surface area (Å²) in [5.41, 5.74) is 0. The molecule has 0 rings (SSSR count). The molecule has 1 amide bonds. The van der Waals surface area contributed by atoms with E-state index in [0.29, 0.717) is 17.4 Å². The molecular formula is C71H131N2O7P. The van der Waals surface area contributed by atoms with E-state index in [1.165, 1.54) is 212 Å². The molecule has 0 bridgehead atoms. The summed E-state index contributed by atoms with van der Waals surface area (Å²) in [5.74, 6) is -0.598. The van der Waals surface area contributed by atoms with Crippen LogP contribution in [0.2, 0.25) is 0 Å². The summed E-state index contributed by atoms with van der Waals surface area (Å²) in [6.07, 6.45) is 78.9. The van der Waals surface area contributed by atoms with Crippen LogP contribution in [0.5, 0.6) is 0 Å². The number of hydrogen-bond acceptors (Lipinski definition) is 7. The first kappa shape index (κ1) is 78.5. The Morgan fingerprint density at radius 2 is 0.765 bits per heavy atom. The van der Waals surface area contributed by atoms with Crippen molar-refractivity contribution in [3.05, 3.63) is 72.9 Å². The predicted molar refractivity (Wildman–Crippen MR) is 348 cm³/mol. The molecule has 1 N–H and O–H groups in total. The van der Waals surface area contributed by atoms with Crippen LogP contribution in [0, 0.1) is 0 Å². The zero-order valence-electron chi connectivity index (χ0n) is 54.0. The Hall–Kier alpha value is -2.55. The molecule has 0 heterocycles. The Labute approximate surface area is 502 Å². The second kappa shape index (κ2) is 60.6. The molecule has 0 aliphatic carbocycles. The number of nitrogens with zero attached hydrogens (tertiary/aromatic N) is 1. The predicted octanol–water partition coefficient (Wildman–Crippen LogP) is 20.9. The van der Waals surface area contributed by atoms with Gasteiger partial charge in [0.15, 0.2) is 0 Å². The van der Waals surface area contributed by atoms with Gasteiger partial charge in [-0.15, -0.1) is 0 Å². The van der Waals surface area contributed by atoms with Crippen LogP contribution in [0.1, 0.15) is 316 Å². The molecule has 0 fully saturated rings. The van der Waals surface area contributed by atoms with E-state index in [1.54, 1.807) is 0 Å². The van der Waals surface area contributed by atoms with Crippen LogP contribution in [0.3, 0.4) is 0 Å². The molecule has 0 spiro atoms. The third-order valence-corrected chi connectivity index (χ3v) is 16.1. The zero-order chi connectivity index (χ0) is 59.3. The Balaban J connectivity index is 5.17. The number of rotatable bonds is 62. The Morgan fingerprint density at radius 3 is 1.19 bits per heavy atom. The summed E-state index contributed by atoms with van der Waals surface area (Å²) in [6, 6.07) is -0.919. The quantitative estimate of drug-likeness (QED) is 0.0212. The SMILES string of the molecule is CCCCC/C=C\C/C=C\C/C=C\C/C=C\CCCC(=O)NC(COP(=O)([O-])OCC[N+](C)(C)C)C(/C=C\CCCCCCCCCCCCC)OC(=O)CCCCCCCCCCCCCCCCC/C=C/CCCCCCCC. The van der Waals surface area contributed by atoms with Gasteiger partial charge in [0, 0.05) is 12.8 Å². The highest BCUT2D eigenvalue weighted by atomic mass is 31.2. The van der Waals surface area contributed by atoms with Gasteiger partial charge in [-0.1, -0.05) is 280 Å². The molecule has 0 aliphatic heterocycles. The first-order chi connectivity index (χ1) is 39.4. The molecule has 9 nitrogen and oxygen atoms in total. The summed E-state index contributed by atoms with van der Waals surface area (Å²) < 4.78 is 30.4. The summed E-state index contributed by atoms with van der Waals surface area (Å²) in [6.45, 7) is 6.80. The van der Waals surface area contributed by atoms with Gasteiger partial charge in [-0.2, -0.15) is 0 Å². The molecule has 0 aromatic heterocycles. The average molecular weight is 1160 g/mol. The van der Waals surface area contributed by atoms with E-state index in [2.05, 4.69) is 86.8 Å². The topological polar surface area (TPSA) is 114 Å². The highest BCUT2D eigenvalue weighted by molar-refractivity contribution is 7.45. The Bertz CT molecular complexity index is 1620. The molecule has 3 unspecified atom stereocenters. The standard InChI is InChI=1S/C71H131N2O7P/c1-7-10-13-16-19-22-25-28-30-32-33-34-35-36-37-38-39-41-43-46-49-52-55-58-61-64-71(75)80-69(62-59-56-53-50-47-44-27-24-21-18-15-12-9-3)68(67-79-81(76,77)78-66-65-73(4,5)6)72-70(74)63-60-57-54-51-48-45-42-40-31-29-26-23-20-17-14-11-8-2/h20,23,28-31,42,45,51,54,59,62,68-69H,7-19,21-22,24-27,32-41,43-44,46-50,52-53,55-58,60-61,63-67H2,1-6H3,(H-,72,74,76,77)/b23-20-,30-28+,31-29-,45-42-,54-51-,62-59-. The number of nitrogens with one attached hydrogen (secondary N) is 1. The van der Waals surface area contributed by atoms with E-state index in [9.17, 15) is 19.0 Å². The number of phosphoric ester groups is 1. The first-order valence-electron chi connectivity index (χ1n) is 34.2. The van der Waals surface area contributed by atoms with Gasteiger partial charge in [-0.05, 0) is 96.0 Å². The van der Waals surface area contributed by atoms with Gasteiger partial charge in [0.05, 0.1) is 33.8 Å². The van der Waals surface area contributed by atoms with Crippen LogP contribution < -0.4 is 10.2 Å². The zero-order valence-corrected chi connectivity index (χ0v) is 54.9. The number of amides is 1. The van der Waals surface area contributed by atoms with Gasteiger partial charge in [-0.3, -0.25) is 14.2 Å². The Kier molecular flexibility index (Phi) is 58.7.